The summed E-state index contributed by atoms with van der Waals surface area (Å²) in [4.78, 5) is 22.4. The number of aliphatic carboxylic acids is 1. The number of halogens is 3. The summed E-state index contributed by atoms with van der Waals surface area (Å²) in [6.07, 6.45) is 3.70. The summed E-state index contributed by atoms with van der Waals surface area (Å²) in [6, 6.07) is 5.29. The van der Waals surface area contributed by atoms with Crippen molar-refractivity contribution in [1.29, 1.82) is 0 Å². The summed E-state index contributed by atoms with van der Waals surface area (Å²) in [7, 11) is 0. The van der Waals surface area contributed by atoms with E-state index in [1.54, 1.807) is 18.3 Å². The van der Waals surface area contributed by atoms with Crippen LogP contribution in [-0.2, 0) is 4.79 Å². The van der Waals surface area contributed by atoms with E-state index < -0.39 is 11.9 Å². The van der Waals surface area contributed by atoms with Crippen LogP contribution in [0.2, 0.25) is 5.02 Å². The van der Waals surface area contributed by atoms with Gasteiger partial charge in [-0.05, 0) is 48.4 Å². The zero-order chi connectivity index (χ0) is 24.2. The maximum absolute atomic E-state index is 13.8. The largest absolute Gasteiger partial charge is 0.481 e. The van der Waals surface area contributed by atoms with E-state index in [4.69, 9.17) is 16.6 Å². The second-order valence-corrected chi connectivity index (χ2v) is 9.70. The molecule has 0 aromatic carbocycles. The van der Waals surface area contributed by atoms with Gasteiger partial charge in [0.1, 0.15) is 5.82 Å². The Labute approximate surface area is 198 Å². The number of pyridine rings is 2. The molecule has 0 saturated heterocycles. The molecule has 180 valence electrons. The fourth-order valence-corrected chi connectivity index (χ4v) is 4.28. The molecular formula is C24H31ClF2N4O2. The number of alkyl halides is 2. The van der Waals surface area contributed by atoms with Gasteiger partial charge in [-0.25, -0.2) is 18.7 Å². The summed E-state index contributed by atoms with van der Waals surface area (Å²) in [5, 5.41) is 13.0. The molecule has 33 heavy (non-hydrogen) atoms. The highest BCUT2D eigenvalue weighted by atomic mass is 35.5. The van der Waals surface area contributed by atoms with E-state index in [-0.39, 0.29) is 31.2 Å². The lowest BCUT2D eigenvalue weighted by atomic mass is 9.90. The van der Waals surface area contributed by atoms with Crippen molar-refractivity contribution in [1.82, 2.24) is 9.97 Å². The fraction of sp³-hybridized carbons (Fsp3) is 0.542. The number of carbonyl (C=O) groups is 1. The van der Waals surface area contributed by atoms with E-state index in [0.29, 0.717) is 47.7 Å². The predicted molar refractivity (Wildman–Crippen MR) is 127 cm³/mol. The number of rotatable bonds is 9. The number of carboxylic acids is 1. The Hall–Kier alpha value is -2.48. The van der Waals surface area contributed by atoms with Gasteiger partial charge < -0.3 is 15.3 Å². The van der Waals surface area contributed by atoms with Gasteiger partial charge in [0.15, 0.2) is 5.82 Å². The first-order valence-corrected chi connectivity index (χ1v) is 11.7. The first-order chi connectivity index (χ1) is 15.5. The minimum Gasteiger partial charge on any atom is -0.481 e. The Morgan fingerprint density at radius 2 is 1.94 bits per heavy atom. The van der Waals surface area contributed by atoms with Crippen LogP contribution >= 0.6 is 11.6 Å². The molecule has 1 atom stereocenters. The highest BCUT2D eigenvalue weighted by Gasteiger charge is 2.38. The minimum atomic E-state index is -2.61. The minimum absolute atomic E-state index is 0.0208. The first-order valence-electron chi connectivity index (χ1n) is 11.3. The molecule has 2 N–H and O–H groups in total. The van der Waals surface area contributed by atoms with Crippen LogP contribution in [-0.4, -0.2) is 39.6 Å². The summed E-state index contributed by atoms with van der Waals surface area (Å²) in [6.45, 7) is 6.67. The normalized spacial score (nSPS) is 17.1. The van der Waals surface area contributed by atoms with Crippen molar-refractivity contribution in [2.24, 2.45) is 5.92 Å². The second-order valence-electron chi connectivity index (χ2n) is 9.26. The summed E-state index contributed by atoms with van der Waals surface area (Å²) >= 11 is 5.97. The molecule has 0 spiro atoms. The highest BCUT2D eigenvalue weighted by molar-refractivity contribution is 6.30. The number of hydrogen-bond acceptors (Lipinski definition) is 5. The van der Waals surface area contributed by atoms with Crippen LogP contribution in [0.4, 0.5) is 26.1 Å². The molecule has 0 radical (unpaired) electrons. The predicted octanol–water partition coefficient (Wildman–Crippen LogP) is 6.49. The molecule has 1 saturated carbocycles. The van der Waals surface area contributed by atoms with Crippen molar-refractivity contribution in [2.45, 2.75) is 70.8 Å². The second kappa shape index (κ2) is 10.6. The third kappa shape index (κ3) is 7.00. The third-order valence-electron chi connectivity index (χ3n) is 5.89. The monoisotopic (exact) mass is 480 g/mol. The summed E-state index contributed by atoms with van der Waals surface area (Å²) in [5.41, 5.74) is 1.44. The molecule has 3 rings (SSSR count). The molecule has 2 aromatic rings. The van der Waals surface area contributed by atoms with E-state index in [1.807, 2.05) is 13.0 Å². The number of hydrogen-bond donors (Lipinski definition) is 2. The SMILES string of the molecule is CC(C)CN(c1ncc(C(C)CC(=O)O)cc1Nc1ccc(Cl)cn1)C1CCC(F)(F)CC1. The van der Waals surface area contributed by atoms with Crippen molar-refractivity contribution >= 4 is 34.9 Å². The first kappa shape index (κ1) is 25.1. The standard InChI is InChI=1S/C24H31ClF2N4O2/c1-15(2)14-31(19-6-8-24(26,27)9-7-19)23-20(30-21-5-4-18(25)13-28-21)11-17(12-29-23)16(3)10-22(32)33/h4-5,11-13,15-16,19H,6-10,14H2,1-3H3,(H,28,30)(H,32,33). The van der Waals surface area contributed by atoms with Gasteiger partial charge in [0.2, 0.25) is 5.92 Å². The lowest BCUT2D eigenvalue weighted by Crippen LogP contribution is -2.43. The van der Waals surface area contributed by atoms with Crippen molar-refractivity contribution in [2.75, 3.05) is 16.8 Å². The molecule has 1 fully saturated rings. The molecule has 1 aliphatic carbocycles. The zero-order valence-electron chi connectivity index (χ0n) is 19.2. The molecule has 9 heteroatoms. The van der Waals surface area contributed by atoms with Gasteiger partial charge in [0.05, 0.1) is 17.1 Å². The Balaban J connectivity index is 2.00. The Kier molecular flexibility index (Phi) is 8.10. The van der Waals surface area contributed by atoms with Gasteiger partial charge in [0.25, 0.3) is 0 Å². The van der Waals surface area contributed by atoms with E-state index >= 15 is 0 Å². The van der Waals surface area contributed by atoms with Crippen molar-refractivity contribution in [3.05, 3.63) is 41.2 Å². The van der Waals surface area contributed by atoms with Gasteiger partial charge in [-0.1, -0.05) is 32.4 Å². The topological polar surface area (TPSA) is 78.4 Å². The van der Waals surface area contributed by atoms with Crippen LogP contribution in [0.1, 0.15) is 64.4 Å². The molecule has 1 aliphatic rings. The van der Waals surface area contributed by atoms with Crippen LogP contribution in [0.25, 0.3) is 0 Å². The average Bonchev–Trinajstić information content (AvgIpc) is 2.73. The number of nitrogens with zero attached hydrogens (tertiary/aromatic N) is 3. The van der Waals surface area contributed by atoms with E-state index in [0.717, 1.165) is 5.56 Å². The van der Waals surface area contributed by atoms with Crippen LogP contribution in [0, 0.1) is 5.92 Å². The summed E-state index contributed by atoms with van der Waals surface area (Å²) in [5.74, 6) is -2.23. The van der Waals surface area contributed by atoms with Gasteiger partial charge in [-0.2, -0.15) is 0 Å². The number of carboxylic acid groups (broad SMARTS) is 1. The third-order valence-corrected chi connectivity index (χ3v) is 6.11. The van der Waals surface area contributed by atoms with Gasteiger partial charge >= 0.3 is 5.97 Å². The fourth-order valence-electron chi connectivity index (χ4n) is 4.17. The summed E-state index contributed by atoms with van der Waals surface area (Å²) < 4.78 is 27.7. The number of anilines is 3. The molecule has 0 amide bonds. The van der Waals surface area contributed by atoms with Gasteiger partial charge in [-0.3, -0.25) is 4.79 Å². The van der Waals surface area contributed by atoms with Crippen LogP contribution in [0.5, 0.6) is 0 Å². The molecule has 6 nitrogen and oxygen atoms in total. The molecule has 1 unspecified atom stereocenters. The van der Waals surface area contributed by atoms with E-state index in [1.165, 1.54) is 6.20 Å². The van der Waals surface area contributed by atoms with Crippen molar-refractivity contribution in [3.63, 3.8) is 0 Å². The molecule has 0 aliphatic heterocycles. The number of nitrogens with one attached hydrogen (secondary N) is 1. The molecular weight excluding hydrogens is 450 g/mol. The van der Waals surface area contributed by atoms with Crippen molar-refractivity contribution in [3.8, 4) is 0 Å². The van der Waals surface area contributed by atoms with Gasteiger partial charge in [-0.15, -0.1) is 0 Å². The lowest BCUT2D eigenvalue weighted by molar-refractivity contribution is -0.137. The number of aromatic nitrogens is 2. The maximum Gasteiger partial charge on any atom is 0.303 e. The molecule has 2 aromatic heterocycles. The highest BCUT2D eigenvalue weighted by Crippen LogP contribution is 2.39. The zero-order valence-corrected chi connectivity index (χ0v) is 19.9. The lowest BCUT2D eigenvalue weighted by Gasteiger charge is -2.39. The van der Waals surface area contributed by atoms with Gasteiger partial charge in [0, 0.05) is 37.8 Å². The Bertz CT molecular complexity index is 946. The molecule has 2 heterocycles. The van der Waals surface area contributed by atoms with Crippen LogP contribution < -0.4 is 10.2 Å². The Morgan fingerprint density at radius 3 is 2.52 bits per heavy atom. The van der Waals surface area contributed by atoms with Crippen molar-refractivity contribution < 1.29 is 18.7 Å². The quantitative estimate of drug-likeness (QED) is 0.427. The Morgan fingerprint density at radius 1 is 1.24 bits per heavy atom. The average molecular weight is 481 g/mol. The van der Waals surface area contributed by atoms with E-state index in [2.05, 4.69) is 29.0 Å². The maximum atomic E-state index is 13.8. The smallest absolute Gasteiger partial charge is 0.303 e. The van der Waals surface area contributed by atoms with Crippen LogP contribution in [0.15, 0.2) is 30.6 Å². The van der Waals surface area contributed by atoms with Crippen LogP contribution in [0.3, 0.4) is 0 Å². The van der Waals surface area contributed by atoms with E-state index in [9.17, 15) is 18.7 Å². The molecule has 0 bridgehead atoms.